The monoisotopic (exact) mass is 2100 g/mol. The van der Waals surface area contributed by atoms with Crippen molar-refractivity contribution in [3.63, 3.8) is 0 Å². The number of primary amides is 2. The average Bonchev–Trinajstić information content (AvgIpc) is 1.61. The summed E-state index contributed by atoms with van der Waals surface area (Å²) in [5.41, 5.74) is 35.0. The normalized spacial score (nSPS) is 17.4. The number of carboxylic acid groups (broad SMARTS) is 1. The lowest BCUT2D eigenvalue weighted by Gasteiger charge is -2.33. The van der Waals surface area contributed by atoms with Gasteiger partial charge < -0.3 is 149 Å². The van der Waals surface area contributed by atoms with Gasteiger partial charge in [-0.25, -0.2) is 0 Å². The zero-order valence-electron chi connectivity index (χ0n) is 86.0. The molecule has 3 aliphatic heterocycles. The summed E-state index contributed by atoms with van der Waals surface area (Å²) in [6.07, 6.45) is 0.221. The van der Waals surface area contributed by atoms with E-state index in [1.165, 1.54) is 35.4 Å². The van der Waals surface area contributed by atoms with Crippen LogP contribution in [0.4, 0.5) is 0 Å². The first-order chi connectivity index (χ1) is 70.1. The quantitative estimate of drug-likeness (QED) is 0.0167. The number of carboxylic acids is 1. The summed E-state index contributed by atoms with van der Waals surface area (Å²) in [5.74, 6) is -20.6. The number of likely N-dealkylation sites (tertiary alicyclic amines) is 3. The third kappa shape index (κ3) is 42.8. The molecule has 0 unspecified atom stereocenters. The Morgan fingerprint density at radius 3 is 1.15 bits per heavy atom. The van der Waals surface area contributed by atoms with E-state index in [1.54, 1.807) is 108 Å². The maximum absolute atomic E-state index is 15.1. The van der Waals surface area contributed by atoms with Crippen LogP contribution in [0.5, 0.6) is 0 Å². The molecule has 0 aliphatic carbocycles. The number of carbonyl (C=O) groups excluding carboxylic acids is 19. The van der Waals surface area contributed by atoms with Gasteiger partial charge in [0, 0.05) is 58.9 Å². The van der Waals surface area contributed by atoms with E-state index in [0.29, 0.717) is 43.4 Å². The van der Waals surface area contributed by atoms with E-state index in [0.717, 1.165) is 4.90 Å². The number of nitrogens with two attached hydrogens (primary N) is 6. The number of carbonyl (C=O) groups is 20. The first-order valence-corrected chi connectivity index (χ1v) is 51.9. The molecule has 3 heterocycles. The molecule has 0 bridgehead atoms. The second-order valence-electron chi connectivity index (χ2n) is 38.6. The molecule has 3 saturated heterocycles. The molecule has 18 atom stereocenters. The van der Waals surface area contributed by atoms with Crippen molar-refractivity contribution in [1.82, 2.24) is 99.8 Å². The van der Waals surface area contributed by atoms with Crippen LogP contribution in [0.1, 0.15) is 208 Å². The predicted octanol–water partition coefficient (Wildman–Crippen LogP) is -5.86. The number of aliphatic carboxylic acids is 1. The number of nitrogens with one attached hydrogen (secondary N) is 18. The van der Waals surface area contributed by atoms with Crippen molar-refractivity contribution in [2.75, 3.05) is 64.4 Å². The Morgan fingerprint density at radius 2 is 0.743 bits per heavy atom. The van der Waals surface area contributed by atoms with Crippen LogP contribution in [0.3, 0.4) is 0 Å². The maximum atomic E-state index is 15.1. The molecule has 33 N–H and O–H groups in total. The maximum Gasteiger partial charge on any atom is 0.305 e. The number of rotatable bonds is 66. The molecule has 2 aromatic carbocycles. The van der Waals surface area contributed by atoms with Gasteiger partial charge in [0.2, 0.25) is 112 Å². The molecule has 3 fully saturated rings. The molecule has 51 heteroatoms. The first kappa shape index (κ1) is 125. The molecule has 0 radical (unpaired) electrons. The zero-order chi connectivity index (χ0) is 110. The number of benzene rings is 2. The fourth-order valence-electron chi connectivity index (χ4n) is 17.4. The highest BCUT2D eigenvalue weighted by molar-refractivity contribution is 7.98. The van der Waals surface area contributed by atoms with Crippen LogP contribution in [0.25, 0.3) is 0 Å². The first-order valence-electron chi connectivity index (χ1n) is 50.5. The highest BCUT2D eigenvalue weighted by atomic mass is 32.2. The van der Waals surface area contributed by atoms with Crippen molar-refractivity contribution < 1.29 is 111 Å². The van der Waals surface area contributed by atoms with Crippen molar-refractivity contribution in [3.05, 3.63) is 71.8 Å². The van der Waals surface area contributed by atoms with E-state index >= 15 is 24.0 Å². The molecule has 148 heavy (non-hydrogen) atoms. The van der Waals surface area contributed by atoms with Crippen molar-refractivity contribution >= 4 is 142 Å². The highest BCUT2D eigenvalue weighted by Crippen LogP contribution is 2.26. The summed E-state index contributed by atoms with van der Waals surface area (Å²) in [6, 6.07) is -8.27. The summed E-state index contributed by atoms with van der Waals surface area (Å²) >= 11 is 1.31. The predicted molar refractivity (Wildman–Crippen MR) is 547 cm³/mol. The third-order valence-electron chi connectivity index (χ3n) is 25.2. The van der Waals surface area contributed by atoms with Gasteiger partial charge >= 0.3 is 5.97 Å². The van der Waals surface area contributed by atoms with Gasteiger partial charge in [0.1, 0.15) is 103 Å². The number of thioether (sulfide) groups is 1. The number of amides is 19. The van der Waals surface area contributed by atoms with Gasteiger partial charge in [-0.15, -0.1) is 0 Å². The lowest BCUT2D eigenvalue weighted by molar-refractivity contribution is -0.144. The molecule has 19 amide bonds. The van der Waals surface area contributed by atoms with Gasteiger partial charge in [-0.2, -0.15) is 11.8 Å². The van der Waals surface area contributed by atoms with E-state index in [4.69, 9.17) is 45.2 Å². The van der Waals surface area contributed by atoms with Crippen molar-refractivity contribution in [2.45, 2.75) is 318 Å². The fraction of sp³-hybridized carbons (Fsp3) is 0.649. The minimum atomic E-state index is -2.00. The SMILES string of the molecule is CSCC[C@H](NC(=O)[C@@H]1CCCN1C(=O)[C@@H](NC(=O)[C@@H](NC(=O)[C@H](CCC(N)=O)NC(=O)[C@@H]1CCCN1C(C)=O)[C@@H](C)O)C(C)C)C(=O)N[C@@H](CCCNC(=N)N)C(=O)N[C@@H](CC(C)C)C(=O)N[C@@H](CCCNC(=N)N)C(=O)N[C@@H](CCCCN)C(=O)N[C@@H](CC(C)C)C(=O)N1CCC[C@H]1C(=O)N[C@@H](CC(=O)O)C(=O)N[C@@H](CO)C(=O)N[C@@H](Cc1ccccc1)C(=O)N[C@@H](Cc1ccccc1)C(=O)N[C@@H](CCCCN)C(N)=O. The molecule has 0 aromatic heterocycles. The summed E-state index contributed by atoms with van der Waals surface area (Å²) in [7, 11) is 0. The number of hydrogen-bond donors (Lipinski definition) is 27. The lowest BCUT2D eigenvalue weighted by Crippen LogP contribution is -2.62. The van der Waals surface area contributed by atoms with E-state index in [-0.39, 0.29) is 185 Å². The van der Waals surface area contributed by atoms with Crippen LogP contribution in [-0.2, 0) is 109 Å². The van der Waals surface area contributed by atoms with E-state index in [1.807, 2.05) is 0 Å². The fourth-order valence-corrected chi connectivity index (χ4v) is 17.8. The molecule has 50 nitrogen and oxygen atoms in total. The number of unbranched alkanes of at least 4 members (excludes halogenated alkanes) is 2. The van der Waals surface area contributed by atoms with Crippen LogP contribution in [0.2, 0.25) is 0 Å². The second-order valence-corrected chi connectivity index (χ2v) is 39.6. The molecule has 5 rings (SSSR count). The van der Waals surface area contributed by atoms with Gasteiger partial charge in [0.05, 0.1) is 19.1 Å². The lowest BCUT2D eigenvalue weighted by atomic mass is 10.00. The van der Waals surface area contributed by atoms with Gasteiger partial charge in [-0.05, 0) is 189 Å². The Labute approximate surface area is 866 Å². The Kier molecular flexibility index (Phi) is 54.6. The summed E-state index contributed by atoms with van der Waals surface area (Å²) in [4.78, 5) is 286. The van der Waals surface area contributed by atoms with Crippen LogP contribution in [0, 0.1) is 28.6 Å². The highest BCUT2D eigenvalue weighted by Gasteiger charge is 2.46. The Morgan fingerprint density at radius 1 is 0.399 bits per heavy atom. The average molecular weight is 2100 g/mol. The standard InChI is InChI=1S/C97H157N27O23S/c1-53(2)47-66(114-81(133)63(32-21-42-107-97(104)105)110-83(135)65(38-46-148-9)113-91(143)74-35-24-45-124(74)95(147)77(55(5)6)120-93(145)78(56(7)126)121-84(136)64(36-37-75(100)128)112-90(142)72-33-22-43-122(72)57(8)127)85(137)111-62(31-20-41-106-96(102)103)80(132)109-61(30-17-19-40-99)82(134)118-70(48-54(3)4)94(146)123-44-23-34-73(123)92(144)117-69(51-76(129)130)88(140)119-71(52-125)89(141)116-68(50-59-27-14-11-15-28-59)87(139)115-67(49-58-25-12-10-13-26-58)86(138)108-60(79(101)131)29-16-18-39-98/h10-15,25-28,53-56,60-74,77-78,125-126H,16-24,29-52,98-99H2,1-9H3,(H2,100,128)(H2,101,131)(H,108,138)(H,109,132)(H,110,135)(H,111,137)(H,112,142)(H,113,143)(H,114,133)(H,115,139)(H,116,141)(H,117,144)(H,118,134)(H,119,140)(H,120,145)(H,121,136)(H,129,130)(H4,102,103,106)(H4,104,105,107)/t56-,60+,61+,62+,63+,64+,65+,66+,67+,68+,69+,70+,71+,72+,73+,74+,77+,78+/m1/s1. The van der Waals surface area contributed by atoms with Crippen molar-refractivity contribution in [3.8, 4) is 0 Å². The topological polar surface area (TPSA) is 808 Å². The summed E-state index contributed by atoms with van der Waals surface area (Å²) in [5, 5.41) is 89.2. The van der Waals surface area contributed by atoms with E-state index in [2.05, 4.69) is 85.1 Å². The molecule has 824 valence electrons. The van der Waals surface area contributed by atoms with E-state index in [9.17, 15) is 87.2 Å². The second kappa shape index (κ2) is 64.6. The van der Waals surface area contributed by atoms with Gasteiger partial charge in [-0.1, -0.05) is 102 Å². The minimum absolute atomic E-state index is 0.00495. The number of aliphatic hydroxyl groups is 2. The molecule has 3 aliphatic rings. The smallest absolute Gasteiger partial charge is 0.305 e. The van der Waals surface area contributed by atoms with Gasteiger partial charge in [0.25, 0.3) is 0 Å². The van der Waals surface area contributed by atoms with E-state index < -0.39 is 252 Å². The number of nitrogens with zero attached hydrogens (tertiary/aromatic N) is 3. The van der Waals surface area contributed by atoms with Crippen LogP contribution < -0.4 is 119 Å². The molecular formula is C97H157N27O23S. The number of aliphatic hydroxyl groups excluding tert-OH is 2. The van der Waals surface area contributed by atoms with Crippen LogP contribution in [-0.4, -0.2) is 333 Å². The Hall–Kier alpha value is -13.4. The Bertz CT molecular complexity index is 4810. The number of hydrogen-bond acceptors (Lipinski definition) is 27. The van der Waals surface area contributed by atoms with Crippen molar-refractivity contribution in [2.24, 2.45) is 52.2 Å². The summed E-state index contributed by atoms with van der Waals surface area (Å²) < 4.78 is 0. The molecule has 0 saturated carbocycles. The summed E-state index contributed by atoms with van der Waals surface area (Å²) in [6.45, 7) is 12.1. The van der Waals surface area contributed by atoms with Crippen LogP contribution in [0.15, 0.2) is 60.7 Å². The largest absolute Gasteiger partial charge is 0.481 e. The van der Waals surface area contributed by atoms with Crippen molar-refractivity contribution in [1.29, 1.82) is 10.8 Å². The minimum Gasteiger partial charge on any atom is -0.481 e. The third-order valence-corrected chi connectivity index (χ3v) is 25.9. The molecule has 2 aromatic rings. The van der Waals surface area contributed by atoms with Gasteiger partial charge in [0.15, 0.2) is 11.9 Å². The van der Waals surface area contributed by atoms with Crippen LogP contribution >= 0.6 is 11.8 Å². The Balaban J connectivity index is 1.36. The molecule has 0 spiro atoms. The molecular weight excluding hydrogens is 1940 g/mol. The number of guanidine groups is 2. The zero-order valence-corrected chi connectivity index (χ0v) is 86.8. The van der Waals surface area contributed by atoms with Gasteiger partial charge in [-0.3, -0.25) is 107 Å².